The number of hydrogen-bond donors (Lipinski definition) is 2. The molecule has 0 radical (unpaired) electrons. The zero-order valence-corrected chi connectivity index (χ0v) is 9.92. The molecule has 0 aromatic heterocycles. The number of aliphatic hydroxyl groups excluding tert-OH is 1. The monoisotopic (exact) mass is 214 g/mol. The highest BCUT2D eigenvalue weighted by molar-refractivity contribution is 5.86. The number of rotatable bonds is 6. The standard InChI is InChI=1S/C11H22N2O2/c1-4-12-11(2,3)10(15)13(7-8-14)9-5-6-9/h9,12,14H,4-8H2,1-3H3. The SMILES string of the molecule is CCNC(C)(C)C(=O)N(CCO)C1CC1. The second kappa shape index (κ2) is 4.94. The Balaban J connectivity index is 2.61. The lowest BCUT2D eigenvalue weighted by Crippen LogP contribution is -2.55. The molecule has 1 aliphatic carbocycles. The van der Waals surface area contributed by atoms with Crippen molar-refractivity contribution in [3.05, 3.63) is 0 Å². The summed E-state index contributed by atoms with van der Waals surface area (Å²) in [6.07, 6.45) is 2.15. The average Bonchev–Trinajstić information content (AvgIpc) is 2.96. The Morgan fingerprint density at radius 1 is 1.53 bits per heavy atom. The molecule has 88 valence electrons. The van der Waals surface area contributed by atoms with E-state index in [2.05, 4.69) is 5.32 Å². The van der Waals surface area contributed by atoms with Gasteiger partial charge >= 0.3 is 0 Å². The molecule has 0 aromatic rings. The van der Waals surface area contributed by atoms with Crippen LogP contribution < -0.4 is 5.32 Å². The largest absolute Gasteiger partial charge is 0.395 e. The second-order valence-corrected chi connectivity index (χ2v) is 4.61. The number of carbonyl (C=O) groups is 1. The summed E-state index contributed by atoms with van der Waals surface area (Å²) in [5, 5.41) is 12.1. The highest BCUT2D eigenvalue weighted by atomic mass is 16.3. The van der Waals surface area contributed by atoms with Gasteiger partial charge in [0, 0.05) is 12.6 Å². The maximum Gasteiger partial charge on any atom is 0.242 e. The van der Waals surface area contributed by atoms with Crippen molar-refractivity contribution >= 4 is 5.91 Å². The molecule has 0 atom stereocenters. The van der Waals surface area contributed by atoms with E-state index in [0.29, 0.717) is 12.6 Å². The lowest BCUT2D eigenvalue weighted by molar-refractivity contribution is -0.138. The Morgan fingerprint density at radius 3 is 2.53 bits per heavy atom. The number of nitrogens with one attached hydrogen (secondary N) is 1. The molecular weight excluding hydrogens is 192 g/mol. The third-order valence-corrected chi connectivity index (χ3v) is 2.74. The van der Waals surface area contributed by atoms with E-state index in [4.69, 9.17) is 5.11 Å². The van der Waals surface area contributed by atoms with Gasteiger partial charge in [-0.3, -0.25) is 4.79 Å². The Kier molecular flexibility index (Phi) is 4.11. The maximum absolute atomic E-state index is 12.2. The first-order chi connectivity index (χ1) is 7.03. The number of hydrogen-bond acceptors (Lipinski definition) is 3. The van der Waals surface area contributed by atoms with E-state index < -0.39 is 5.54 Å². The van der Waals surface area contributed by atoms with Crippen LogP contribution in [0.2, 0.25) is 0 Å². The molecule has 0 saturated heterocycles. The summed E-state index contributed by atoms with van der Waals surface area (Å²) in [5.74, 6) is 0.0981. The van der Waals surface area contributed by atoms with E-state index in [9.17, 15) is 4.79 Å². The van der Waals surface area contributed by atoms with Gasteiger partial charge in [-0.15, -0.1) is 0 Å². The Hall–Kier alpha value is -0.610. The molecule has 0 aromatic carbocycles. The van der Waals surface area contributed by atoms with Crippen molar-refractivity contribution < 1.29 is 9.90 Å². The number of carbonyl (C=O) groups excluding carboxylic acids is 1. The van der Waals surface area contributed by atoms with Crippen molar-refractivity contribution in [2.45, 2.75) is 45.2 Å². The molecule has 4 nitrogen and oxygen atoms in total. The molecule has 0 bridgehead atoms. The van der Waals surface area contributed by atoms with Crippen LogP contribution in [-0.4, -0.2) is 47.2 Å². The Bertz CT molecular complexity index is 225. The number of aliphatic hydroxyl groups is 1. The van der Waals surface area contributed by atoms with Gasteiger partial charge in [-0.25, -0.2) is 0 Å². The Labute approximate surface area is 91.6 Å². The van der Waals surface area contributed by atoms with E-state index in [1.807, 2.05) is 25.7 Å². The van der Waals surface area contributed by atoms with Gasteiger partial charge < -0.3 is 15.3 Å². The Morgan fingerprint density at radius 2 is 2.13 bits per heavy atom. The first kappa shape index (κ1) is 12.5. The maximum atomic E-state index is 12.2. The summed E-state index contributed by atoms with van der Waals surface area (Å²) < 4.78 is 0. The zero-order chi connectivity index (χ0) is 11.5. The predicted octanol–water partition coefficient (Wildman–Crippen LogP) is 0.358. The predicted molar refractivity (Wildman–Crippen MR) is 59.6 cm³/mol. The molecular formula is C11H22N2O2. The van der Waals surface area contributed by atoms with E-state index in [1.54, 1.807) is 0 Å². The normalized spacial score (nSPS) is 16.5. The third-order valence-electron chi connectivity index (χ3n) is 2.74. The topological polar surface area (TPSA) is 52.6 Å². The number of amides is 1. The minimum atomic E-state index is -0.521. The van der Waals surface area contributed by atoms with E-state index in [0.717, 1.165) is 19.4 Å². The average molecular weight is 214 g/mol. The fraction of sp³-hybridized carbons (Fsp3) is 0.909. The molecule has 0 heterocycles. The van der Waals surface area contributed by atoms with Gasteiger partial charge in [-0.2, -0.15) is 0 Å². The van der Waals surface area contributed by atoms with Crippen LogP contribution in [0.25, 0.3) is 0 Å². The summed E-state index contributed by atoms with van der Waals surface area (Å²) in [5.41, 5.74) is -0.521. The van der Waals surface area contributed by atoms with Crippen LogP contribution in [0.15, 0.2) is 0 Å². The summed E-state index contributed by atoms with van der Waals surface area (Å²) in [6.45, 7) is 7.05. The van der Waals surface area contributed by atoms with E-state index >= 15 is 0 Å². The van der Waals surface area contributed by atoms with Crippen LogP contribution in [0.1, 0.15) is 33.6 Å². The quantitative estimate of drug-likeness (QED) is 0.671. The molecule has 1 fully saturated rings. The molecule has 1 rings (SSSR count). The van der Waals surface area contributed by atoms with Crippen LogP contribution in [-0.2, 0) is 4.79 Å². The third kappa shape index (κ3) is 3.18. The van der Waals surface area contributed by atoms with Crippen LogP contribution in [0.5, 0.6) is 0 Å². The van der Waals surface area contributed by atoms with Crippen LogP contribution >= 0.6 is 0 Å². The highest BCUT2D eigenvalue weighted by Crippen LogP contribution is 2.28. The second-order valence-electron chi connectivity index (χ2n) is 4.61. The van der Waals surface area contributed by atoms with Crippen molar-refractivity contribution in [3.8, 4) is 0 Å². The van der Waals surface area contributed by atoms with Crippen molar-refractivity contribution in [3.63, 3.8) is 0 Å². The minimum absolute atomic E-state index is 0.0461. The number of nitrogens with zero attached hydrogens (tertiary/aromatic N) is 1. The molecule has 2 N–H and O–H groups in total. The van der Waals surface area contributed by atoms with E-state index in [-0.39, 0.29) is 12.5 Å². The summed E-state index contributed by atoms with van der Waals surface area (Å²) in [7, 11) is 0. The molecule has 0 aliphatic heterocycles. The van der Waals surface area contributed by atoms with Gasteiger partial charge in [0.1, 0.15) is 0 Å². The minimum Gasteiger partial charge on any atom is -0.395 e. The molecule has 0 unspecified atom stereocenters. The molecule has 0 spiro atoms. The fourth-order valence-electron chi connectivity index (χ4n) is 1.82. The van der Waals surface area contributed by atoms with Crippen LogP contribution in [0.4, 0.5) is 0 Å². The molecule has 15 heavy (non-hydrogen) atoms. The van der Waals surface area contributed by atoms with Crippen molar-refractivity contribution in [2.24, 2.45) is 0 Å². The van der Waals surface area contributed by atoms with Crippen LogP contribution in [0, 0.1) is 0 Å². The van der Waals surface area contributed by atoms with Crippen LogP contribution in [0.3, 0.4) is 0 Å². The molecule has 1 amide bonds. The first-order valence-electron chi connectivity index (χ1n) is 5.70. The van der Waals surface area contributed by atoms with Crippen molar-refractivity contribution in [2.75, 3.05) is 19.7 Å². The lowest BCUT2D eigenvalue weighted by atomic mass is 10.0. The fourth-order valence-corrected chi connectivity index (χ4v) is 1.82. The summed E-state index contributed by atoms with van der Waals surface area (Å²) >= 11 is 0. The first-order valence-corrected chi connectivity index (χ1v) is 5.70. The van der Waals surface area contributed by atoms with Gasteiger partial charge in [-0.1, -0.05) is 6.92 Å². The highest BCUT2D eigenvalue weighted by Gasteiger charge is 2.38. The van der Waals surface area contributed by atoms with Crippen molar-refractivity contribution in [1.29, 1.82) is 0 Å². The summed E-state index contributed by atoms with van der Waals surface area (Å²) in [4.78, 5) is 14.0. The molecule has 1 saturated carbocycles. The summed E-state index contributed by atoms with van der Waals surface area (Å²) in [6, 6.07) is 0.364. The van der Waals surface area contributed by atoms with Crippen molar-refractivity contribution in [1.82, 2.24) is 10.2 Å². The van der Waals surface area contributed by atoms with Gasteiger partial charge in [0.15, 0.2) is 0 Å². The van der Waals surface area contributed by atoms with Gasteiger partial charge in [-0.05, 0) is 33.2 Å². The number of likely N-dealkylation sites (N-methyl/N-ethyl adjacent to an activating group) is 1. The van der Waals surface area contributed by atoms with E-state index in [1.165, 1.54) is 0 Å². The molecule has 1 aliphatic rings. The zero-order valence-electron chi connectivity index (χ0n) is 9.92. The van der Waals surface area contributed by atoms with Gasteiger partial charge in [0.25, 0.3) is 0 Å². The van der Waals surface area contributed by atoms with Gasteiger partial charge in [0.2, 0.25) is 5.91 Å². The lowest BCUT2D eigenvalue weighted by Gasteiger charge is -2.32. The molecule has 4 heteroatoms. The smallest absolute Gasteiger partial charge is 0.242 e. The van der Waals surface area contributed by atoms with Gasteiger partial charge in [0.05, 0.1) is 12.1 Å².